The van der Waals surface area contributed by atoms with Gasteiger partial charge in [0.1, 0.15) is 12.4 Å². The second-order valence-electron chi connectivity index (χ2n) is 8.31. The van der Waals surface area contributed by atoms with E-state index in [4.69, 9.17) is 4.74 Å². The average molecular weight is 466 g/mol. The minimum atomic E-state index is -0.243. The van der Waals surface area contributed by atoms with Crippen LogP contribution < -0.4 is 4.74 Å². The molecule has 0 bridgehead atoms. The lowest BCUT2D eigenvalue weighted by atomic mass is 9.78. The number of aryl methyl sites for hydroxylation is 1. The third-order valence-corrected chi connectivity index (χ3v) is 6.29. The first-order valence-electron chi connectivity index (χ1n) is 11.6. The maximum absolute atomic E-state index is 13.8. The maximum Gasteiger partial charge on any atom is 0.170 e. The Kier molecular flexibility index (Phi) is 10.6. The van der Waals surface area contributed by atoms with Crippen LogP contribution in [-0.2, 0) is 0 Å². The number of ether oxygens (including phenoxy) is 1. The molecule has 3 aromatic carbocycles. The highest BCUT2D eigenvalue weighted by atomic mass is 35.5. The fourth-order valence-electron chi connectivity index (χ4n) is 4.25. The predicted octanol–water partition coefficient (Wildman–Crippen LogP) is 6.91. The summed E-state index contributed by atoms with van der Waals surface area (Å²) in [5.41, 5.74) is 3.94. The Bertz CT molecular complexity index is 987. The zero-order valence-corrected chi connectivity index (χ0v) is 21.0. The zero-order valence-electron chi connectivity index (χ0n) is 20.2. The Balaban J connectivity index is 0.00000385. The molecule has 0 aliphatic heterocycles. The van der Waals surface area contributed by atoms with E-state index in [1.807, 2.05) is 61.5 Å². The van der Waals surface area contributed by atoms with Gasteiger partial charge in [-0.25, -0.2) is 0 Å². The van der Waals surface area contributed by atoms with Crippen molar-refractivity contribution in [3.05, 3.63) is 101 Å². The lowest BCUT2D eigenvalue weighted by molar-refractivity contribution is 0.0948. The molecule has 33 heavy (non-hydrogen) atoms. The van der Waals surface area contributed by atoms with Crippen LogP contribution in [0.2, 0.25) is 0 Å². The van der Waals surface area contributed by atoms with E-state index in [0.717, 1.165) is 42.1 Å². The number of rotatable bonds is 11. The molecule has 2 atom stereocenters. The molecule has 0 amide bonds. The van der Waals surface area contributed by atoms with Gasteiger partial charge in [0.05, 0.1) is 5.92 Å². The van der Waals surface area contributed by atoms with Gasteiger partial charge in [0, 0.05) is 12.1 Å². The molecule has 176 valence electrons. The lowest BCUT2D eigenvalue weighted by Crippen LogP contribution is -2.28. The molecule has 0 aliphatic rings. The van der Waals surface area contributed by atoms with Crippen molar-refractivity contribution in [2.75, 3.05) is 26.2 Å². The molecular weight excluding hydrogens is 430 g/mol. The van der Waals surface area contributed by atoms with E-state index in [2.05, 4.69) is 49.9 Å². The summed E-state index contributed by atoms with van der Waals surface area (Å²) in [6, 6.07) is 26.2. The Morgan fingerprint density at radius 3 is 2.00 bits per heavy atom. The number of ketones is 1. The number of benzene rings is 3. The molecule has 2 unspecified atom stereocenters. The summed E-state index contributed by atoms with van der Waals surface area (Å²) in [7, 11) is 0. The van der Waals surface area contributed by atoms with E-state index < -0.39 is 0 Å². The molecule has 0 aliphatic carbocycles. The standard InChI is InChI=1S/C29H35NO2.ClH/c1-5-30(6-2)19-20-32-27-18-17-26(21-22(27)3)29(31)28(25-15-11-8-12-16-25)23(4)24-13-9-7-10-14-24;/h7-18,21,23,28H,5-6,19-20H2,1-4H3;1H. The van der Waals surface area contributed by atoms with Crippen LogP contribution in [0.25, 0.3) is 0 Å². The molecule has 0 heterocycles. The molecule has 0 radical (unpaired) electrons. The third kappa shape index (κ3) is 6.93. The minimum absolute atomic E-state index is 0. The van der Waals surface area contributed by atoms with Crippen LogP contribution in [0.4, 0.5) is 0 Å². The smallest absolute Gasteiger partial charge is 0.170 e. The van der Waals surface area contributed by atoms with E-state index in [9.17, 15) is 4.79 Å². The van der Waals surface area contributed by atoms with Gasteiger partial charge < -0.3 is 9.64 Å². The van der Waals surface area contributed by atoms with Crippen molar-refractivity contribution in [3.63, 3.8) is 0 Å². The van der Waals surface area contributed by atoms with Crippen LogP contribution >= 0.6 is 12.4 Å². The third-order valence-electron chi connectivity index (χ3n) is 6.29. The summed E-state index contributed by atoms with van der Waals surface area (Å²) < 4.78 is 6.01. The van der Waals surface area contributed by atoms with Crippen molar-refractivity contribution in [1.82, 2.24) is 4.90 Å². The van der Waals surface area contributed by atoms with Gasteiger partial charge in [-0.15, -0.1) is 12.4 Å². The SMILES string of the molecule is CCN(CC)CCOc1ccc(C(=O)C(c2ccccc2)C(C)c2ccccc2)cc1C.Cl. The number of nitrogens with zero attached hydrogens (tertiary/aromatic N) is 1. The fourth-order valence-corrected chi connectivity index (χ4v) is 4.25. The van der Waals surface area contributed by atoms with E-state index in [1.54, 1.807) is 0 Å². The first kappa shape index (κ1) is 26.6. The minimum Gasteiger partial charge on any atom is -0.492 e. The molecule has 4 heteroatoms. The molecule has 0 fully saturated rings. The number of likely N-dealkylation sites (N-methyl/N-ethyl adjacent to an activating group) is 1. The summed E-state index contributed by atoms with van der Waals surface area (Å²) in [4.78, 5) is 16.1. The highest BCUT2D eigenvalue weighted by Crippen LogP contribution is 2.36. The molecule has 3 rings (SSSR count). The normalized spacial score (nSPS) is 12.6. The van der Waals surface area contributed by atoms with Crippen LogP contribution in [0, 0.1) is 6.92 Å². The van der Waals surface area contributed by atoms with Crippen molar-refractivity contribution >= 4 is 18.2 Å². The Hall–Kier alpha value is -2.62. The van der Waals surface area contributed by atoms with Gasteiger partial charge in [-0.05, 0) is 60.8 Å². The summed E-state index contributed by atoms with van der Waals surface area (Å²) in [6.45, 7) is 12.1. The number of hydrogen-bond acceptors (Lipinski definition) is 3. The molecule has 0 saturated heterocycles. The number of hydrogen-bond donors (Lipinski definition) is 0. The first-order valence-corrected chi connectivity index (χ1v) is 11.6. The fraction of sp³-hybridized carbons (Fsp3) is 0.345. The van der Waals surface area contributed by atoms with Crippen LogP contribution in [0.3, 0.4) is 0 Å². The molecule has 0 N–H and O–H groups in total. The Morgan fingerprint density at radius 1 is 0.879 bits per heavy atom. The second-order valence-corrected chi connectivity index (χ2v) is 8.31. The molecule has 0 spiro atoms. The Labute approximate surface area is 205 Å². The van der Waals surface area contributed by atoms with E-state index in [-0.39, 0.29) is 30.0 Å². The van der Waals surface area contributed by atoms with E-state index in [0.29, 0.717) is 6.61 Å². The quantitative estimate of drug-likeness (QED) is 0.288. The van der Waals surface area contributed by atoms with Gasteiger partial charge in [0.2, 0.25) is 0 Å². The highest BCUT2D eigenvalue weighted by molar-refractivity contribution is 6.02. The van der Waals surface area contributed by atoms with Gasteiger partial charge in [0.25, 0.3) is 0 Å². The van der Waals surface area contributed by atoms with Gasteiger partial charge in [-0.1, -0.05) is 81.4 Å². The molecule has 3 aromatic rings. The van der Waals surface area contributed by atoms with Crippen molar-refractivity contribution in [2.45, 2.75) is 39.5 Å². The highest BCUT2D eigenvalue weighted by Gasteiger charge is 2.29. The topological polar surface area (TPSA) is 29.5 Å². The van der Waals surface area contributed by atoms with Crippen LogP contribution in [0.1, 0.15) is 59.7 Å². The molecule has 0 aromatic heterocycles. The summed E-state index contributed by atoms with van der Waals surface area (Å²) in [6.07, 6.45) is 0. The van der Waals surface area contributed by atoms with Crippen molar-refractivity contribution in [1.29, 1.82) is 0 Å². The second kappa shape index (κ2) is 13.2. The summed E-state index contributed by atoms with van der Waals surface area (Å²) in [5, 5.41) is 0. The lowest BCUT2D eigenvalue weighted by Gasteiger charge is -2.24. The number of halogens is 1. The summed E-state index contributed by atoms with van der Waals surface area (Å²) >= 11 is 0. The average Bonchev–Trinajstić information content (AvgIpc) is 2.84. The maximum atomic E-state index is 13.8. The molecule has 3 nitrogen and oxygen atoms in total. The monoisotopic (exact) mass is 465 g/mol. The van der Waals surface area contributed by atoms with Crippen molar-refractivity contribution < 1.29 is 9.53 Å². The number of Topliss-reactive ketones (excluding diaryl/α,β-unsaturated/α-hetero) is 1. The number of carbonyl (C=O) groups excluding carboxylic acids is 1. The van der Waals surface area contributed by atoms with Gasteiger partial charge >= 0.3 is 0 Å². The van der Waals surface area contributed by atoms with Gasteiger partial charge in [-0.2, -0.15) is 0 Å². The zero-order chi connectivity index (χ0) is 22.9. The van der Waals surface area contributed by atoms with Crippen LogP contribution in [-0.4, -0.2) is 36.9 Å². The predicted molar refractivity (Wildman–Crippen MR) is 140 cm³/mol. The van der Waals surface area contributed by atoms with Crippen molar-refractivity contribution in [2.24, 2.45) is 0 Å². The van der Waals surface area contributed by atoms with Gasteiger partial charge in [0.15, 0.2) is 5.78 Å². The van der Waals surface area contributed by atoms with Crippen molar-refractivity contribution in [3.8, 4) is 5.75 Å². The van der Waals surface area contributed by atoms with Crippen LogP contribution in [0.15, 0.2) is 78.9 Å². The molecular formula is C29H36ClNO2. The van der Waals surface area contributed by atoms with Gasteiger partial charge in [-0.3, -0.25) is 4.79 Å². The molecule has 0 saturated carbocycles. The number of carbonyl (C=O) groups is 1. The van der Waals surface area contributed by atoms with E-state index >= 15 is 0 Å². The largest absolute Gasteiger partial charge is 0.492 e. The van der Waals surface area contributed by atoms with Crippen LogP contribution in [0.5, 0.6) is 5.75 Å². The van der Waals surface area contributed by atoms with E-state index in [1.165, 1.54) is 5.56 Å². The Morgan fingerprint density at radius 2 is 1.45 bits per heavy atom. The summed E-state index contributed by atoms with van der Waals surface area (Å²) in [5.74, 6) is 0.815. The first-order chi connectivity index (χ1) is 15.5.